The average Bonchev–Trinajstić information content (AvgIpc) is 3.16. The lowest BCUT2D eigenvalue weighted by Crippen LogP contribution is -2.45. The topological polar surface area (TPSA) is 141 Å². The summed E-state index contributed by atoms with van der Waals surface area (Å²) >= 11 is 0. The second-order valence-electron chi connectivity index (χ2n) is 9.26. The van der Waals surface area contributed by atoms with Crippen molar-refractivity contribution in [3.8, 4) is 17.5 Å². The van der Waals surface area contributed by atoms with E-state index in [1.54, 1.807) is 51.3 Å². The van der Waals surface area contributed by atoms with E-state index in [1.807, 2.05) is 30.3 Å². The highest BCUT2D eigenvalue weighted by molar-refractivity contribution is 6.05. The van der Waals surface area contributed by atoms with Crippen LogP contribution in [0.5, 0.6) is 17.5 Å². The van der Waals surface area contributed by atoms with E-state index in [9.17, 15) is 24.6 Å². The number of aromatic nitrogens is 1. The first-order valence-corrected chi connectivity index (χ1v) is 12.2. The van der Waals surface area contributed by atoms with Crippen molar-refractivity contribution in [3.05, 3.63) is 82.9 Å². The zero-order valence-electron chi connectivity index (χ0n) is 21.8. The van der Waals surface area contributed by atoms with Crippen LogP contribution < -0.4 is 15.4 Å². The van der Waals surface area contributed by atoms with Crippen LogP contribution in [0.2, 0.25) is 0 Å². The van der Waals surface area contributed by atoms with Crippen molar-refractivity contribution in [1.82, 2.24) is 15.6 Å². The largest absolute Gasteiger partial charge is 0.497 e. The minimum Gasteiger partial charge on any atom is -0.497 e. The Morgan fingerprint density at radius 2 is 1.71 bits per heavy atom. The van der Waals surface area contributed by atoms with Crippen LogP contribution in [0.25, 0.3) is 6.08 Å². The van der Waals surface area contributed by atoms with Crippen molar-refractivity contribution >= 4 is 23.7 Å². The summed E-state index contributed by atoms with van der Waals surface area (Å²) in [6, 6.07) is 14.7. The molecule has 1 heterocycles. The monoisotopic (exact) mass is 519 g/mol. The van der Waals surface area contributed by atoms with Crippen molar-refractivity contribution in [2.75, 3.05) is 7.11 Å². The van der Waals surface area contributed by atoms with Gasteiger partial charge in [0.05, 0.1) is 31.2 Å². The number of nitrogens with one attached hydrogen (secondary N) is 3. The fourth-order valence-corrected chi connectivity index (χ4v) is 4.05. The summed E-state index contributed by atoms with van der Waals surface area (Å²) in [6.45, 7) is 5.03. The molecule has 3 aromatic rings. The quantitative estimate of drug-likeness (QED) is 0.191. The number of methoxy groups -OCH3 is 1. The number of aromatic amines is 1. The molecule has 3 rings (SSSR count). The fourth-order valence-electron chi connectivity index (χ4n) is 4.05. The van der Waals surface area contributed by atoms with Crippen LogP contribution in [-0.4, -0.2) is 45.9 Å². The second-order valence-corrected chi connectivity index (χ2v) is 9.26. The molecule has 0 aliphatic heterocycles. The van der Waals surface area contributed by atoms with Gasteiger partial charge in [0.15, 0.2) is 11.7 Å². The Bertz CT molecular complexity index is 1310. The second kappa shape index (κ2) is 12.6. The smallest absolute Gasteiger partial charge is 0.244 e. The highest BCUT2D eigenvalue weighted by Crippen LogP contribution is 2.30. The van der Waals surface area contributed by atoms with Crippen molar-refractivity contribution in [3.63, 3.8) is 0 Å². The molecule has 38 heavy (non-hydrogen) atoms. The Kier molecular flexibility index (Phi) is 9.32. The first-order valence-electron chi connectivity index (χ1n) is 12.2. The number of ether oxygens (including phenoxy) is 1. The minimum atomic E-state index is -0.956. The van der Waals surface area contributed by atoms with Crippen LogP contribution in [0.1, 0.15) is 53.4 Å². The molecule has 9 nitrogen and oxygen atoms in total. The van der Waals surface area contributed by atoms with Crippen LogP contribution in [0.15, 0.2) is 60.7 Å². The SMILES string of the molecule is COc1cccc(C=CC(=O)N[C@@H](CC(=O)N[C@H](C(=O)c2c(O)[nH]c(O)c2C)C(C)C)c2ccccc2)c1. The summed E-state index contributed by atoms with van der Waals surface area (Å²) in [7, 11) is 1.56. The number of rotatable bonds is 11. The number of carbonyl (C=O) groups excluding carboxylic acids is 3. The molecule has 200 valence electrons. The summed E-state index contributed by atoms with van der Waals surface area (Å²) in [4.78, 5) is 41.4. The highest BCUT2D eigenvalue weighted by Gasteiger charge is 2.31. The molecule has 2 aromatic carbocycles. The number of hydrogen-bond acceptors (Lipinski definition) is 6. The van der Waals surface area contributed by atoms with Gasteiger partial charge in [-0.05, 0) is 42.2 Å². The third-order valence-corrected chi connectivity index (χ3v) is 6.14. The summed E-state index contributed by atoms with van der Waals surface area (Å²) in [5, 5.41) is 25.5. The number of benzene rings is 2. The summed E-state index contributed by atoms with van der Waals surface area (Å²) < 4.78 is 5.20. The van der Waals surface area contributed by atoms with Crippen LogP contribution in [0.4, 0.5) is 0 Å². The van der Waals surface area contributed by atoms with E-state index in [4.69, 9.17) is 4.74 Å². The molecule has 2 atom stereocenters. The Hall–Kier alpha value is -4.53. The van der Waals surface area contributed by atoms with Gasteiger partial charge in [0.2, 0.25) is 17.7 Å². The number of aromatic hydroxyl groups is 2. The van der Waals surface area contributed by atoms with Crippen LogP contribution in [0.3, 0.4) is 0 Å². The molecule has 9 heteroatoms. The lowest BCUT2D eigenvalue weighted by atomic mass is 9.93. The molecular formula is C29H33N3O6. The van der Waals surface area contributed by atoms with Crippen molar-refractivity contribution < 1.29 is 29.3 Å². The molecule has 0 saturated heterocycles. The maximum Gasteiger partial charge on any atom is 0.244 e. The first-order chi connectivity index (χ1) is 18.1. The van der Waals surface area contributed by atoms with Crippen LogP contribution in [-0.2, 0) is 9.59 Å². The lowest BCUT2D eigenvalue weighted by Gasteiger charge is -2.24. The van der Waals surface area contributed by atoms with E-state index >= 15 is 0 Å². The number of carbonyl (C=O) groups is 3. The number of ketones is 1. The van der Waals surface area contributed by atoms with Gasteiger partial charge in [0.1, 0.15) is 5.75 Å². The maximum absolute atomic E-state index is 13.2. The molecule has 0 saturated carbocycles. The van der Waals surface area contributed by atoms with Gasteiger partial charge in [-0.2, -0.15) is 0 Å². The Morgan fingerprint density at radius 1 is 1.00 bits per heavy atom. The highest BCUT2D eigenvalue weighted by atomic mass is 16.5. The van der Waals surface area contributed by atoms with Gasteiger partial charge in [-0.15, -0.1) is 0 Å². The number of Topliss-reactive ketones (excluding diaryl/α,β-unsaturated/α-hetero) is 1. The molecule has 0 bridgehead atoms. The van der Waals surface area contributed by atoms with E-state index in [2.05, 4.69) is 15.6 Å². The molecule has 0 unspecified atom stereocenters. The molecular weight excluding hydrogens is 486 g/mol. The summed E-state index contributed by atoms with van der Waals surface area (Å²) in [5.74, 6) is -1.79. The Balaban J connectivity index is 1.75. The molecule has 0 aliphatic carbocycles. The predicted molar refractivity (Wildman–Crippen MR) is 144 cm³/mol. The third-order valence-electron chi connectivity index (χ3n) is 6.14. The van der Waals surface area contributed by atoms with Crippen molar-refractivity contribution in [1.29, 1.82) is 0 Å². The average molecular weight is 520 g/mol. The van der Waals surface area contributed by atoms with Gasteiger partial charge >= 0.3 is 0 Å². The maximum atomic E-state index is 13.2. The zero-order valence-corrected chi connectivity index (χ0v) is 21.8. The van der Waals surface area contributed by atoms with Crippen molar-refractivity contribution in [2.45, 2.75) is 39.3 Å². The van der Waals surface area contributed by atoms with Crippen LogP contribution in [0, 0.1) is 12.8 Å². The van der Waals surface area contributed by atoms with Gasteiger partial charge in [0, 0.05) is 11.6 Å². The third kappa shape index (κ3) is 7.03. The molecule has 2 amide bonds. The summed E-state index contributed by atoms with van der Waals surface area (Å²) in [6.07, 6.45) is 2.91. The minimum absolute atomic E-state index is 0.0721. The number of H-pyrrole nitrogens is 1. The van der Waals surface area contributed by atoms with Gasteiger partial charge in [-0.1, -0.05) is 56.3 Å². The molecule has 0 radical (unpaired) electrons. The Labute approximate surface area is 221 Å². The van der Waals surface area contributed by atoms with E-state index in [-0.39, 0.29) is 29.3 Å². The summed E-state index contributed by atoms with van der Waals surface area (Å²) in [5.41, 5.74) is 1.63. The van der Waals surface area contributed by atoms with E-state index in [1.165, 1.54) is 13.0 Å². The van der Waals surface area contributed by atoms with Crippen LogP contribution >= 0.6 is 0 Å². The predicted octanol–water partition coefficient (Wildman–Crippen LogP) is 4.03. The molecule has 0 fully saturated rings. The zero-order chi connectivity index (χ0) is 27.8. The normalized spacial score (nSPS) is 12.8. The number of amides is 2. The van der Waals surface area contributed by atoms with Gasteiger partial charge in [-0.25, -0.2) is 0 Å². The first kappa shape index (κ1) is 28.0. The standard InChI is InChI=1S/C29H33N3O6/c1-17(2)26(27(35)25-18(3)28(36)32-29(25)37)31-24(34)16-22(20-10-6-5-7-11-20)30-23(33)14-13-19-9-8-12-21(15-19)38-4/h5-15,17,22,26,32,36-37H,16H2,1-4H3,(H,30,33)(H,31,34)/t22-,26-/m0/s1. The lowest BCUT2D eigenvalue weighted by molar-refractivity contribution is -0.123. The van der Waals surface area contributed by atoms with E-state index in [0.29, 0.717) is 5.75 Å². The van der Waals surface area contributed by atoms with Crippen molar-refractivity contribution in [2.24, 2.45) is 5.92 Å². The molecule has 5 N–H and O–H groups in total. The fraction of sp³-hybridized carbons (Fsp3) is 0.276. The van der Waals surface area contributed by atoms with Gasteiger partial charge < -0.3 is 25.6 Å². The van der Waals surface area contributed by atoms with E-state index < -0.39 is 35.6 Å². The molecule has 0 aliphatic rings. The Morgan fingerprint density at radius 3 is 2.32 bits per heavy atom. The number of hydrogen-bond donors (Lipinski definition) is 5. The van der Waals surface area contributed by atoms with E-state index in [0.717, 1.165) is 11.1 Å². The molecule has 0 spiro atoms. The van der Waals surface area contributed by atoms with Gasteiger partial charge in [0.25, 0.3) is 0 Å². The van der Waals surface area contributed by atoms with Gasteiger partial charge in [-0.3, -0.25) is 19.4 Å². The molecule has 1 aromatic heterocycles.